The SMILES string of the molecule is O=C1c2[nH]nc(-c3ccc(F)cc3)c2C(c2cccnc2)N1CCc1c[nH]c2ccccc12. The number of halogens is 1. The third-order valence-corrected chi connectivity index (χ3v) is 6.28. The number of aromatic nitrogens is 4. The monoisotopic (exact) mass is 437 g/mol. The summed E-state index contributed by atoms with van der Waals surface area (Å²) in [6.07, 6.45) is 6.21. The number of carbonyl (C=O) groups excluding carboxylic acids is 1. The number of nitrogens with zero attached hydrogens (tertiary/aromatic N) is 3. The van der Waals surface area contributed by atoms with Gasteiger partial charge in [-0.05, 0) is 53.9 Å². The Balaban J connectivity index is 1.40. The lowest BCUT2D eigenvalue weighted by molar-refractivity contribution is 0.0746. The van der Waals surface area contributed by atoms with Crippen LogP contribution in [0.5, 0.6) is 0 Å². The summed E-state index contributed by atoms with van der Waals surface area (Å²) < 4.78 is 13.5. The molecule has 0 fully saturated rings. The van der Waals surface area contributed by atoms with Crippen molar-refractivity contribution in [3.63, 3.8) is 0 Å². The van der Waals surface area contributed by atoms with Gasteiger partial charge in [-0.15, -0.1) is 0 Å². The second kappa shape index (κ2) is 7.70. The predicted octanol–water partition coefficient (Wildman–Crippen LogP) is 4.88. The molecule has 1 unspecified atom stereocenters. The van der Waals surface area contributed by atoms with Gasteiger partial charge in [0, 0.05) is 47.2 Å². The number of pyridine rings is 1. The molecule has 1 aliphatic rings. The van der Waals surface area contributed by atoms with Gasteiger partial charge in [-0.3, -0.25) is 14.9 Å². The number of rotatable bonds is 5. The van der Waals surface area contributed by atoms with Crippen LogP contribution in [0.25, 0.3) is 22.2 Å². The molecule has 33 heavy (non-hydrogen) atoms. The van der Waals surface area contributed by atoms with E-state index in [0.717, 1.165) is 33.2 Å². The summed E-state index contributed by atoms with van der Waals surface area (Å²) in [6, 6.07) is 17.8. The topological polar surface area (TPSA) is 77.7 Å². The summed E-state index contributed by atoms with van der Waals surface area (Å²) in [7, 11) is 0. The molecule has 0 bridgehead atoms. The van der Waals surface area contributed by atoms with Crippen molar-refractivity contribution in [1.82, 2.24) is 25.1 Å². The molecule has 1 atom stereocenters. The number of carbonyl (C=O) groups is 1. The molecule has 1 aliphatic heterocycles. The summed E-state index contributed by atoms with van der Waals surface area (Å²) in [6.45, 7) is 0.533. The van der Waals surface area contributed by atoms with Gasteiger partial charge >= 0.3 is 0 Å². The predicted molar refractivity (Wildman–Crippen MR) is 123 cm³/mol. The molecular formula is C26H20FN5O. The third kappa shape index (κ3) is 3.20. The van der Waals surface area contributed by atoms with Crippen molar-refractivity contribution < 1.29 is 9.18 Å². The largest absolute Gasteiger partial charge is 0.361 e. The van der Waals surface area contributed by atoms with Crippen LogP contribution in [0.4, 0.5) is 4.39 Å². The molecule has 0 saturated heterocycles. The summed E-state index contributed by atoms with van der Waals surface area (Å²) in [5.74, 6) is -0.411. The van der Waals surface area contributed by atoms with Crippen molar-refractivity contribution in [1.29, 1.82) is 0 Å². The summed E-state index contributed by atoms with van der Waals surface area (Å²) >= 11 is 0. The van der Waals surface area contributed by atoms with E-state index in [1.165, 1.54) is 12.1 Å². The Labute approximate surface area is 189 Å². The van der Waals surface area contributed by atoms with Crippen molar-refractivity contribution in [2.24, 2.45) is 0 Å². The van der Waals surface area contributed by atoms with E-state index in [1.807, 2.05) is 41.4 Å². The van der Waals surface area contributed by atoms with Crippen molar-refractivity contribution in [2.45, 2.75) is 12.5 Å². The lowest BCUT2D eigenvalue weighted by atomic mass is 9.97. The van der Waals surface area contributed by atoms with Crippen LogP contribution < -0.4 is 0 Å². The number of nitrogens with one attached hydrogen (secondary N) is 2. The number of fused-ring (bicyclic) bond motifs is 2. The number of amides is 1. The normalized spacial score (nSPS) is 15.4. The molecule has 2 aromatic carbocycles. The Kier molecular flexibility index (Phi) is 4.54. The van der Waals surface area contributed by atoms with E-state index in [0.29, 0.717) is 24.4 Å². The molecule has 0 radical (unpaired) electrons. The number of H-pyrrole nitrogens is 2. The molecule has 162 valence electrons. The molecule has 0 saturated carbocycles. The fraction of sp³-hybridized carbons (Fsp3) is 0.115. The van der Waals surface area contributed by atoms with Gasteiger partial charge < -0.3 is 9.88 Å². The van der Waals surface area contributed by atoms with Gasteiger partial charge in [0.15, 0.2) is 0 Å². The molecular weight excluding hydrogens is 417 g/mol. The highest BCUT2D eigenvalue weighted by Gasteiger charge is 2.42. The van der Waals surface area contributed by atoms with Crippen molar-refractivity contribution in [3.05, 3.63) is 107 Å². The van der Waals surface area contributed by atoms with E-state index in [1.54, 1.807) is 24.5 Å². The van der Waals surface area contributed by atoms with Crippen molar-refractivity contribution in [3.8, 4) is 11.3 Å². The van der Waals surface area contributed by atoms with Crippen molar-refractivity contribution >= 4 is 16.8 Å². The third-order valence-electron chi connectivity index (χ3n) is 6.28. The molecule has 0 aliphatic carbocycles. The zero-order valence-electron chi connectivity index (χ0n) is 17.6. The molecule has 7 heteroatoms. The Bertz CT molecular complexity index is 1460. The second-order valence-corrected chi connectivity index (χ2v) is 8.16. The van der Waals surface area contributed by atoms with Crippen LogP contribution >= 0.6 is 0 Å². The first kappa shape index (κ1) is 19.4. The maximum atomic E-state index is 13.5. The highest BCUT2D eigenvalue weighted by atomic mass is 19.1. The molecule has 0 spiro atoms. The maximum absolute atomic E-state index is 13.5. The molecule has 3 aromatic heterocycles. The highest BCUT2D eigenvalue weighted by molar-refractivity contribution is 6.00. The number of hydrogen-bond donors (Lipinski definition) is 2. The lowest BCUT2D eigenvalue weighted by Crippen LogP contribution is -2.31. The minimum Gasteiger partial charge on any atom is -0.361 e. The number of aromatic amines is 2. The van der Waals surface area contributed by atoms with Crippen LogP contribution in [-0.4, -0.2) is 37.5 Å². The Morgan fingerprint density at radius 2 is 1.88 bits per heavy atom. The Morgan fingerprint density at radius 1 is 1.03 bits per heavy atom. The molecule has 6 nitrogen and oxygen atoms in total. The maximum Gasteiger partial charge on any atom is 0.273 e. The van der Waals surface area contributed by atoms with Gasteiger partial charge in [0.2, 0.25) is 0 Å². The molecule has 2 N–H and O–H groups in total. The van der Waals surface area contributed by atoms with E-state index >= 15 is 0 Å². The van der Waals surface area contributed by atoms with Crippen LogP contribution in [-0.2, 0) is 6.42 Å². The van der Waals surface area contributed by atoms with Gasteiger partial charge in [-0.1, -0.05) is 24.3 Å². The molecule has 4 heterocycles. The zero-order chi connectivity index (χ0) is 22.4. The van der Waals surface area contributed by atoms with Crippen molar-refractivity contribution in [2.75, 3.05) is 6.54 Å². The van der Waals surface area contributed by atoms with Gasteiger partial charge in [-0.2, -0.15) is 5.10 Å². The number of para-hydroxylation sites is 1. The van der Waals surface area contributed by atoms with Gasteiger partial charge in [0.25, 0.3) is 5.91 Å². The minimum absolute atomic E-state index is 0.0976. The Morgan fingerprint density at radius 3 is 2.70 bits per heavy atom. The van der Waals surface area contributed by atoms with E-state index in [-0.39, 0.29) is 17.8 Å². The van der Waals surface area contributed by atoms with Gasteiger partial charge in [-0.25, -0.2) is 4.39 Å². The summed E-state index contributed by atoms with van der Waals surface area (Å²) in [5, 5.41) is 8.53. The highest BCUT2D eigenvalue weighted by Crippen LogP contribution is 2.42. The van der Waals surface area contributed by atoms with E-state index in [4.69, 9.17) is 0 Å². The summed E-state index contributed by atoms with van der Waals surface area (Å²) in [5.41, 5.74) is 5.85. The van der Waals surface area contributed by atoms with E-state index in [9.17, 15) is 9.18 Å². The Hall–Kier alpha value is -4.26. The lowest BCUT2D eigenvalue weighted by Gasteiger charge is -2.26. The summed E-state index contributed by atoms with van der Waals surface area (Å²) in [4.78, 5) is 22.9. The fourth-order valence-electron chi connectivity index (χ4n) is 4.72. The van der Waals surface area contributed by atoms with Crippen LogP contribution in [0.15, 0.2) is 79.3 Å². The second-order valence-electron chi connectivity index (χ2n) is 8.16. The average Bonchev–Trinajstić information content (AvgIpc) is 3.53. The van der Waals surface area contributed by atoms with Gasteiger partial charge in [0.1, 0.15) is 11.5 Å². The van der Waals surface area contributed by atoms with Gasteiger partial charge in [0.05, 0.1) is 11.7 Å². The molecule has 5 aromatic rings. The van der Waals surface area contributed by atoms with Crippen LogP contribution in [0.2, 0.25) is 0 Å². The number of benzene rings is 2. The van der Waals surface area contributed by atoms with E-state index < -0.39 is 0 Å². The van der Waals surface area contributed by atoms with E-state index in [2.05, 4.69) is 26.2 Å². The number of hydrogen-bond acceptors (Lipinski definition) is 3. The fourth-order valence-corrected chi connectivity index (χ4v) is 4.72. The first-order valence-corrected chi connectivity index (χ1v) is 10.8. The molecule has 1 amide bonds. The molecule has 6 rings (SSSR count). The van der Waals surface area contributed by atoms with Crippen LogP contribution in [0, 0.1) is 5.82 Å². The van der Waals surface area contributed by atoms with Crippen LogP contribution in [0.1, 0.15) is 33.2 Å². The zero-order valence-corrected chi connectivity index (χ0v) is 17.6. The van der Waals surface area contributed by atoms with Crippen LogP contribution in [0.3, 0.4) is 0 Å². The smallest absolute Gasteiger partial charge is 0.273 e. The average molecular weight is 437 g/mol. The minimum atomic E-state index is -0.329. The first-order valence-electron chi connectivity index (χ1n) is 10.8. The quantitative estimate of drug-likeness (QED) is 0.411. The standard InChI is InChI=1S/C26H20FN5O/c27-19-9-7-16(8-10-19)23-22-24(31-30-23)26(33)32(25(22)18-4-3-12-28-14-18)13-11-17-15-29-21-6-2-1-5-20(17)21/h1-10,12,14-15,25,29H,11,13H2,(H,30,31). The first-order chi connectivity index (χ1) is 16.2.